The van der Waals surface area contributed by atoms with Gasteiger partial charge in [-0.25, -0.2) is 4.98 Å². The van der Waals surface area contributed by atoms with Crippen LogP contribution in [-0.2, 0) is 5.75 Å². The SMILES string of the molecule is O=C(NC1=NCCS1)c1ccccc1CSc1nc2ccccc2o1. The number of hydrogen-bond acceptors (Lipinski definition) is 6. The molecule has 0 bridgehead atoms. The van der Waals surface area contributed by atoms with Crippen molar-refractivity contribution in [2.45, 2.75) is 11.0 Å². The number of fused-ring (bicyclic) bond motifs is 1. The minimum atomic E-state index is -0.123. The van der Waals surface area contributed by atoms with Gasteiger partial charge in [-0.1, -0.05) is 53.9 Å². The highest BCUT2D eigenvalue weighted by molar-refractivity contribution is 8.14. The van der Waals surface area contributed by atoms with Crippen LogP contribution in [0.2, 0.25) is 0 Å². The Morgan fingerprint density at radius 2 is 2.04 bits per heavy atom. The Balaban J connectivity index is 1.49. The first-order valence-corrected chi connectivity index (χ1v) is 9.81. The molecular weight excluding hydrogens is 354 g/mol. The van der Waals surface area contributed by atoms with Gasteiger partial charge in [0, 0.05) is 17.1 Å². The second-order valence-electron chi connectivity index (χ2n) is 5.38. The number of thioether (sulfide) groups is 2. The zero-order chi connectivity index (χ0) is 17.1. The molecule has 2 aromatic carbocycles. The fourth-order valence-corrected chi connectivity index (χ4v) is 4.06. The van der Waals surface area contributed by atoms with Crippen molar-refractivity contribution in [3.8, 4) is 0 Å². The van der Waals surface area contributed by atoms with Crippen LogP contribution in [0.25, 0.3) is 11.1 Å². The summed E-state index contributed by atoms with van der Waals surface area (Å²) in [6.07, 6.45) is 0. The van der Waals surface area contributed by atoms with E-state index in [0.29, 0.717) is 21.7 Å². The number of rotatable bonds is 4. The Morgan fingerprint density at radius 1 is 1.20 bits per heavy atom. The van der Waals surface area contributed by atoms with Crippen LogP contribution in [0.15, 0.2) is 63.2 Å². The molecule has 1 amide bonds. The van der Waals surface area contributed by atoms with Crippen molar-refractivity contribution in [2.24, 2.45) is 4.99 Å². The molecule has 126 valence electrons. The molecule has 1 N–H and O–H groups in total. The van der Waals surface area contributed by atoms with E-state index < -0.39 is 0 Å². The number of oxazole rings is 1. The molecular formula is C18H15N3O2S2. The maximum Gasteiger partial charge on any atom is 0.257 e. The van der Waals surface area contributed by atoms with E-state index in [4.69, 9.17) is 4.42 Å². The monoisotopic (exact) mass is 369 g/mol. The average Bonchev–Trinajstić information content (AvgIpc) is 3.29. The molecule has 5 nitrogen and oxygen atoms in total. The number of hydrogen-bond donors (Lipinski definition) is 1. The zero-order valence-corrected chi connectivity index (χ0v) is 14.9. The van der Waals surface area contributed by atoms with Gasteiger partial charge < -0.3 is 9.73 Å². The van der Waals surface area contributed by atoms with Crippen molar-refractivity contribution in [3.63, 3.8) is 0 Å². The number of amides is 1. The van der Waals surface area contributed by atoms with Gasteiger partial charge in [0.05, 0.1) is 6.54 Å². The molecule has 0 spiro atoms. The summed E-state index contributed by atoms with van der Waals surface area (Å²) in [4.78, 5) is 21.2. The Morgan fingerprint density at radius 3 is 2.88 bits per heavy atom. The van der Waals surface area contributed by atoms with Gasteiger partial charge in [-0.3, -0.25) is 9.79 Å². The normalized spacial score (nSPS) is 13.8. The minimum Gasteiger partial charge on any atom is -0.431 e. The smallest absolute Gasteiger partial charge is 0.257 e. The Bertz CT molecular complexity index is 919. The van der Waals surface area contributed by atoms with Crippen LogP contribution < -0.4 is 5.32 Å². The Hall–Kier alpha value is -2.25. The standard InChI is InChI=1S/C18H15N3O2S2/c22-16(21-17-19-9-10-24-17)13-6-2-1-5-12(13)11-25-18-20-14-7-3-4-8-15(14)23-18/h1-8H,9-11H2,(H,19,21,22). The van der Waals surface area contributed by atoms with E-state index in [1.807, 2.05) is 48.5 Å². The van der Waals surface area contributed by atoms with Crippen molar-refractivity contribution >= 4 is 45.7 Å². The van der Waals surface area contributed by atoms with E-state index in [9.17, 15) is 4.79 Å². The number of carbonyl (C=O) groups excluding carboxylic acids is 1. The van der Waals surface area contributed by atoms with E-state index in [1.54, 1.807) is 11.8 Å². The van der Waals surface area contributed by atoms with Crippen LogP contribution in [0.5, 0.6) is 0 Å². The molecule has 0 fully saturated rings. The molecule has 1 aromatic heterocycles. The topological polar surface area (TPSA) is 67.5 Å². The second kappa shape index (κ2) is 7.33. The van der Waals surface area contributed by atoms with Crippen LogP contribution in [-0.4, -0.2) is 28.4 Å². The molecule has 0 saturated carbocycles. The van der Waals surface area contributed by atoms with Crippen LogP contribution in [0.1, 0.15) is 15.9 Å². The fourth-order valence-electron chi connectivity index (χ4n) is 2.50. The molecule has 25 heavy (non-hydrogen) atoms. The molecule has 2 heterocycles. The summed E-state index contributed by atoms with van der Waals surface area (Å²) in [6, 6.07) is 15.3. The Kier molecular flexibility index (Phi) is 4.76. The maximum absolute atomic E-state index is 12.5. The Labute approximate surface area is 153 Å². The first-order valence-electron chi connectivity index (χ1n) is 7.84. The van der Waals surface area contributed by atoms with Crippen molar-refractivity contribution in [2.75, 3.05) is 12.3 Å². The first kappa shape index (κ1) is 16.2. The summed E-state index contributed by atoms with van der Waals surface area (Å²) in [7, 11) is 0. The predicted octanol–water partition coefficient (Wildman–Crippen LogP) is 3.95. The van der Waals surface area contributed by atoms with Gasteiger partial charge >= 0.3 is 0 Å². The summed E-state index contributed by atoms with van der Waals surface area (Å²) in [5, 5.41) is 4.19. The number of para-hydroxylation sites is 2. The predicted molar refractivity (Wildman–Crippen MR) is 102 cm³/mol. The van der Waals surface area contributed by atoms with Gasteiger partial charge in [0.1, 0.15) is 5.52 Å². The fraction of sp³-hybridized carbons (Fsp3) is 0.167. The molecule has 0 unspecified atom stereocenters. The summed E-state index contributed by atoms with van der Waals surface area (Å²) in [5.41, 5.74) is 3.21. The van der Waals surface area contributed by atoms with E-state index in [-0.39, 0.29) is 5.91 Å². The average molecular weight is 369 g/mol. The van der Waals surface area contributed by atoms with Gasteiger partial charge in [0.2, 0.25) is 0 Å². The molecule has 0 radical (unpaired) electrons. The highest BCUT2D eigenvalue weighted by Crippen LogP contribution is 2.27. The first-order chi connectivity index (χ1) is 12.3. The number of carbonyl (C=O) groups is 1. The van der Waals surface area contributed by atoms with Gasteiger partial charge in [-0.2, -0.15) is 0 Å². The van der Waals surface area contributed by atoms with E-state index in [0.717, 1.165) is 29.0 Å². The third-order valence-electron chi connectivity index (χ3n) is 3.69. The summed E-state index contributed by atoms with van der Waals surface area (Å²) in [6.45, 7) is 0.759. The largest absolute Gasteiger partial charge is 0.431 e. The molecule has 0 saturated heterocycles. The lowest BCUT2D eigenvalue weighted by Gasteiger charge is -2.08. The van der Waals surface area contributed by atoms with Crippen LogP contribution >= 0.6 is 23.5 Å². The highest BCUT2D eigenvalue weighted by atomic mass is 32.2. The molecule has 3 aromatic rings. The molecule has 7 heteroatoms. The molecule has 0 atom stereocenters. The highest BCUT2D eigenvalue weighted by Gasteiger charge is 2.16. The van der Waals surface area contributed by atoms with Crippen molar-refractivity contribution in [3.05, 3.63) is 59.7 Å². The maximum atomic E-state index is 12.5. The van der Waals surface area contributed by atoms with Gasteiger partial charge in [0.15, 0.2) is 10.8 Å². The van der Waals surface area contributed by atoms with E-state index in [1.165, 1.54) is 11.8 Å². The van der Waals surface area contributed by atoms with Gasteiger partial charge in [-0.05, 0) is 23.8 Å². The summed E-state index contributed by atoms with van der Waals surface area (Å²) in [5.74, 6) is 1.41. The molecule has 1 aliphatic rings. The quantitative estimate of drug-likeness (QED) is 0.705. The lowest BCUT2D eigenvalue weighted by Crippen LogP contribution is -2.28. The van der Waals surface area contributed by atoms with Crippen LogP contribution in [0, 0.1) is 0 Å². The lowest BCUT2D eigenvalue weighted by atomic mass is 10.1. The van der Waals surface area contributed by atoms with Gasteiger partial charge in [0.25, 0.3) is 11.1 Å². The van der Waals surface area contributed by atoms with E-state index in [2.05, 4.69) is 15.3 Å². The summed E-state index contributed by atoms with van der Waals surface area (Å²) >= 11 is 3.05. The van der Waals surface area contributed by atoms with Crippen molar-refractivity contribution < 1.29 is 9.21 Å². The van der Waals surface area contributed by atoms with Gasteiger partial charge in [-0.15, -0.1) is 0 Å². The molecule has 0 aliphatic carbocycles. The number of benzene rings is 2. The number of aromatic nitrogens is 1. The van der Waals surface area contributed by atoms with Crippen LogP contribution in [0.3, 0.4) is 0 Å². The minimum absolute atomic E-state index is 0.123. The van der Waals surface area contributed by atoms with Crippen molar-refractivity contribution in [1.29, 1.82) is 0 Å². The summed E-state index contributed by atoms with van der Waals surface area (Å²) < 4.78 is 5.73. The zero-order valence-electron chi connectivity index (χ0n) is 13.3. The van der Waals surface area contributed by atoms with Crippen LogP contribution in [0.4, 0.5) is 0 Å². The lowest BCUT2D eigenvalue weighted by molar-refractivity contribution is 0.0977. The number of nitrogens with zero attached hydrogens (tertiary/aromatic N) is 2. The number of nitrogens with one attached hydrogen (secondary N) is 1. The molecule has 4 rings (SSSR count). The van der Waals surface area contributed by atoms with Crippen molar-refractivity contribution in [1.82, 2.24) is 10.3 Å². The van der Waals surface area contributed by atoms with E-state index >= 15 is 0 Å². The number of aliphatic imine (C=N–C) groups is 1. The third kappa shape index (κ3) is 3.72. The second-order valence-corrected chi connectivity index (χ2v) is 7.39. The third-order valence-corrected chi connectivity index (χ3v) is 5.46. The number of amidine groups is 1. The molecule has 1 aliphatic heterocycles.